The molecule has 90 valence electrons. The maximum Gasteiger partial charge on any atom is 0.339 e. The van der Waals surface area contributed by atoms with Gasteiger partial charge >= 0.3 is 5.97 Å². The molecule has 0 atom stereocenters. The third kappa shape index (κ3) is 2.54. The predicted octanol–water partition coefficient (Wildman–Crippen LogP) is 1.00. The lowest BCUT2D eigenvalue weighted by atomic mass is 10.2. The van der Waals surface area contributed by atoms with Crippen LogP contribution in [-0.4, -0.2) is 20.6 Å². The Bertz CT molecular complexity index is 516. The topological polar surface area (TPSA) is 80.3 Å². The summed E-state index contributed by atoms with van der Waals surface area (Å²) in [4.78, 5) is 15.0. The maximum atomic E-state index is 10.8. The SMILES string of the molecule is Cn1ccnc1CNCc1occc1C(=O)O. The van der Waals surface area contributed by atoms with Crippen LogP contribution in [0.3, 0.4) is 0 Å². The van der Waals surface area contributed by atoms with Gasteiger partial charge in [0.25, 0.3) is 0 Å². The lowest BCUT2D eigenvalue weighted by Crippen LogP contribution is -2.16. The summed E-state index contributed by atoms with van der Waals surface area (Å²) in [5.41, 5.74) is 0.192. The minimum Gasteiger partial charge on any atom is -0.478 e. The smallest absolute Gasteiger partial charge is 0.339 e. The number of aryl methyl sites for hydroxylation is 1. The molecule has 0 aliphatic carbocycles. The van der Waals surface area contributed by atoms with Gasteiger partial charge in [0.2, 0.25) is 0 Å². The summed E-state index contributed by atoms with van der Waals surface area (Å²) in [6, 6.07) is 1.44. The van der Waals surface area contributed by atoms with E-state index in [1.165, 1.54) is 12.3 Å². The Labute approximate surface area is 97.9 Å². The Morgan fingerprint density at radius 2 is 2.41 bits per heavy atom. The van der Waals surface area contributed by atoms with Gasteiger partial charge in [-0.15, -0.1) is 0 Å². The van der Waals surface area contributed by atoms with E-state index >= 15 is 0 Å². The summed E-state index contributed by atoms with van der Waals surface area (Å²) in [6.45, 7) is 0.921. The van der Waals surface area contributed by atoms with Gasteiger partial charge in [-0.3, -0.25) is 0 Å². The molecule has 2 N–H and O–H groups in total. The van der Waals surface area contributed by atoms with Gasteiger partial charge in [0.15, 0.2) is 0 Å². The van der Waals surface area contributed by atoms with E-state index in [-0.39, 0.29) is 5.56 Å². The van der Waals surface area contributed by atoms with Crippen LogP contribution in [0.2, 0.25) is 0 Å². The second-order valence-corrected chi connectivity index (χ2v) is 3.62. The highest BCUT2D eigenvalue weighted by molar-refractivity contribution is 5.88. The summed E-state index contributed by atoms with van der Waals surface area (Å²) < 4.78 is 7.00. The minimum atomic E-state index is -0.979. The Morgan fingerprint density at radius 1 is 1.59 bits per heavy atom. The Kier molecular flexibility index (Phi) is 3.24. The Morgan fingerprint density at radius 3 is 3.06 bits per heavy atom. The first-order chi connectivity index (χ1) is 8.18. The standard InChI is InChI=1S/C11H13N3O3/c1-14-4-3-13-10(14)7-12-6-9-8(11(15)16)2-5-17-9/h2-5,12H,6-7H2,1H3,(H,15,16). The van der Waals surface area contributed by atoms with E-state index in [0.717, 1.165) is 5.82 Å². The normalized spacial score (nSPS) is 10.6. The van der Waals surface area contributed by atoms with E-state index in [1.807, 2.05) is 17.8 Å². The van der Waals surface area contributed by atoms with E-state index in [4.69, 9.17) is 9.52 Å². The van der Waals surface area contributed by atoms with Gasteiger partial charge in [-0.2, -0.15) is 0 Å². The molecule has 0 aromatic carbocycles. The van der Waals surface area contributed by atoms with Crippen molar-refractivity contribution in [1.82, 2.24) is 14.9 Å². The lowest BCUT2D eigenvalue weighted by Gasteiger charge is -2.03. The summed E-state index contributed by atoms with van der Waals surface area (Å²) in [5.74, 6) is 0.327. The first kappa shape index (κ1) is 11.4. The number of nitrogens with one attached hydrogen (secondary N) is 1. The molecule has 0 radical (unpaired) electrons. The molecule has 2 heterocycles. The van der Waals surface area contributed by atoms with Crippen LogP contribution in [0.15, 0.2) is 29.1 Å². The zero-order chi connectivity index (χ0) is 12.3. The third-order valence-corrected chi connectivity index (χ3v) is 2.47. The summed E-state index contributed by atoms with van der Waals surface area (Å²) in [5, 5.41) is 12.0. The highest BCUT2D eigenvalue weighted by Crippen LogP contribution is 2.10. The first-order valence-electron chi connectivity index (χ1n) is 5.15. The maximum absolute atomic E-state index is 10.8. The molecule has 0 saturated carbocycles. The minimum absolute atomic E-state index is 0.192. The number of carboxylic acid groups (broad SMARTS) is 1. The van der Waals surface area contributed by atoms with Gasteiger partial charge in [0, 0.05) is 19.4 Å². The monoisotopic (exact) mass is 235 g/mol. The second kappa shape index (κ2) is 4.84. The lowest BCUT2D eigenvalue weighted by molar-refractivity contribution is 0.0694. The molecule has 2 rings (SSSR count). The number of hydrogen-bond donors (Lipinski definition) is 2. The molecule has 2 aromatic heterocycles. The van der Waals surface area contributed by atoms with Gasteiger partial charge in [0.05, 0.1) is 19.4 Å². The zero-order valence-corrected chi connectivity index (χ0v) is 9.38. The zero-order valence-electron chi connectivity index (χ0n) is 9.38. The third-order valence-electron chi connectivity index (χ3n) is 2.47. The molecule has 0 unspecified atom stereocenters. The molecule has 0 aliphatic heterocycles. The van der Waals surface area contributed by atoms with Crippen molar-refractivity contribution in [3.63, 3.8) is 0 Å². The first-order valence-corrected chi connectivity index (χ1v) is 5.15. The number of aromatic nitrogens is 2. The number of carboxylic acids is 1. The van der Waals surface area contributed by atoms with Gasteiger partial charge in [0.1, 0.15) is 17.1 Å². The van der Waals surface area contributed by atoms with Gasteiger partial charge in [-0.05, 0) is 6.07 Å². The highest BCUT2D eigenvalue weighted by atomic mass is 16.4. The van der Waals surface area contributed by atoms with Gasteiger partial charge < -0.3 is 19.4 Å². The van der Waals surface area contributed by atoms with Crippen molar-refractivity contribution >= 4 is 5.97 Å². The fourth-order valence-corrected chi connectivity index (χ4v) is 1.52. The van der Waals surface area contributed by atoms with Crippen LogP contribution in [0.4, 0.5) is 0 Å². The Hall–Kier alpha value is -2.08. The van der Waals surface area contributed by atoms with Crippen molar-refractivity contribution in [1.29, 1.82) is 0 Å². The van der Waals surface area contributed by atoms with Crippen LogP contribution >= 0.6 is 0 Å². The summed E-state index contributed by atoms with van der Waals surface area (Å²) in [7, 11) is 1.90. The Balaban J connectivity index is 1.92. The molecule has 0 bridgehead atoms. The molecule has 6 heteroatoms. The number of nitrogens with zero attached hydrogens (tertiary/aromatic N) is 2. The van der Waals surface area contributed by atoms with Crippen LogP contribution in [0.1, 0.15) is 21.9 Å². The molecular weight excluding hydrogens is 222 g/mol. The van der Waals surface area contributed by atoms with Crippen LogP contribution in [0.25, 0.3) is 0 Å². The summed E-state index contributed by atoms with van der Waals surface area (Å²) in [6.07, 6.45) is 4.94. The number of furan rings is 1. The highest BCUT2D eigenvalue weighted by Gasteiger charge is 2.12. The molecule has 0 fully saturated rings. The molecule has 2 aromatic rings. The average Bonchev–Trinajstić information content (AvgIpc) is 2.88. The van der Waals surface area contributed by atoms with Crippen molar-refractivity contribution in [2.75, 3.05) is 0 Å². The molecule has 0 spiro atoms. The van der Waals surface area contributed by atoms with Crippen molar-refractivity contribution < 1.29 is 14.3 Å². The van der Waals surface area contributed by atoms with E-state index in [1.54, 1.807) is 6.20 Å². The molecule has 6 nitrogen and oxygen atoms in total. The van der Waals surface area contributed by atoms with Crippen molar-refractivity contribution in [3.8, 4) is 0 Å². The van der Waals surface area contributed by atoms with E-state index in [0.29, 0.717) is 18.8 Å². The van der Waals surface area contributed by atoms with E-state index in [2.05, 4.69) is 10.3 Å². The van der Waals surface area contributed by atoms with Crippen molar-refractivity contribution in [2.45, 2.75) is 13.1 Å². The van der Waals surface area contributed by atoms with Crippen molar-refractivity contribution in [3.05, 3.63) is 41.9 Å². The van der Waals surface area contributed by atoms with Crippen LogP contribution in [0, 0.1) is 0 Å². The fourth-order valence-electron chi connectivity index (χ4n) is 1.52. The van der Waals surface area contributed by atoms with Crippen LogP contribution in [0.5, 0.6) is 0 Å². The number of aromatic carboxylic acids is 1. The number of rotatable bonds is 5. The van der Waals surface area contributed by atoms with Crippen LogP contribution in [-0.2, 0) is 20.1 Å². The molecule has 0 aliphatic rings. The second-order valence-electron chi connectivity index (χ2n) is 3.62. The molecular formula is C11H13N3O3. The van der Waals surface area contributed by atoms with E-state index in [9.17, 15) is 4.79 Å². The average molecular weight is 235 g/mol. The number of carbonyl (C=O) groups is 1. The fraction of sp³-hybridized carbons (Fsp3) is 0.273. The molecule has 17 heavy (non-hydrogen) atoms. The molecule has 0 amide bonds. The number of hydrogen-bond acceptors (Lipinski definition) is 4. The van der Waals surface area contributed by atoms with Gasteiger partial charge in [-0.1, -0.05) is 0 Å². The largest absolute Gasteiger partial charge is 0.478 e. The molecule has 0 saturated heterocycles. The summed E-state index contributed by atoms with van der Waals surface area (Å²) >= 11 is 0. The van der Waals surface area contributed by atoms with Gasteiger partial charge in [-0.25, -0.2) is 9.78 Å². The number of imidazole rings is 1. The van der Waals surface area contributed by atoms with E-state index < -0.39 is 5.97 Å². The predicted molar refractivity (Wildman–Crippen MR) is 59.4 cm³/mol. The van der Waals surface area contributed by atoms with Crippen LogP contribution < -0.4 is 5.32 Å². The van der Waals surface area contributed by atoms with Crippen molar-refractivity contribution in [2.24, 2.45) is 7.05 Å². The quantitative estimate of drug-likeness (QED) is 0.808.